The summed E-state index contributed by atoms with van der Waals surface area (Å²) in [5, 5.41) is 15.5. The molecule has 2 amide bonds. The second-order valence-electron chi connectivity index (χ2n) is 9.05. The number of aromatic nitrogens is 2. The Morgan fingerprint density at radius 2 is 2.06 bits per heavy atom. The van der Waals surface area contributed by atoms with Crippen LogP contribution in [0.3, 0.4) is 0 Å². The molecule has 0 bridgehead atoms. The Labute approximate surface area is 215 Å². The zero-order valence-corrected chi connectivity index (χ0v) is 20.5. The molecule has 5 atom stereocenters. The average molecular weight is 533 g/mol. The predicted molar refractivity (Wildman–Crippen MR) is 131 cm³/mol. The van der Waals surface area contributed by atoms with Crippen LogP contribution in [0.1, 0.15) is 33.8 Å². The van der Waals surface area contributed by atoms with Crippen molar-refractivity contribution in [2.45, 2.75) is 36.3 Å². The molecular formula is C25H23ClF2N4O3S. The van der Waals surface area contributed by atoms with Crippen LogP contribution in [0.4, 0.5) is 14.5 Å². The van der Waals surface area contributed by atoms with Crippen LogP contribution in [0.5, 0.6) is 0 Å². The lowest BCUT2D eigenvalue weighted by molar-refractivity contribution is -0.132. The molecule has 11 heteroatoms. The summed E-state index contributed by atoms with van der Waals surface area (Å²) in [5.41, 5.74) is -0.757. The Hall–Kier alpha value is -2.95. The van der Waals surface area contributed by atoms with E-state index in [9.17, 15) is 23.5 Å². The highest BCUT2D eigenvalue weighted by atomic mass is 35.5. The van der Waals surface area contributed by atoms with Crippen molar-refractivity contribution >= 4 is 40.4 Å². The topological polar surface area (TPSA) is 95.4 Å². The number of para-hydroxylation sites is 1. The summed E-state index contributed by atoms with van der Waals surface area (Å²) in [6.45, 7) is 0.0597. The summed E-state index contributed by atoms with van der Waals surface area (Å²) in [7, 11) is 0. The number of amides is 2. The van der Waals surface area contributed by atoms with Crippen molar-refractivity contribution < 1.29 is 23.5 Å². The lowest BCUT2D eigenvalue weighted by atomic mass is 9.77. The molecule has 3 aromatic rings. The third-order valence-corrected chi connectivity index (χ3v) is 8.36. The number of fused-ring (bicyclic) bond motifs is 1. The van der Waals surface area contributed by atoms with Gasteiger partial charge < -0.3 is 15.3 Å². The van der Waals surface area contributed by atoms with E-state index in [1.54, 1.807) is 41.8 Å². The number of carbonyl (C=O) groups is 2. The number of carbonyl (C=O) groups excluding carboxylic acids is 2. The Morgan fingerprint density at radius 3 is 2.75 bits per heavy atom. The lowest BCUT2D eigenvalue weighted by Gasteiger charge is -2.40. The van der Waals surface area contributed by atoms with E-state index in [1.165, 1.54) is 23.5 Å². The second kappa shape index (κ2) is 9.84. The number of rotatable bonds is 6. The third kappa shape index (κ3) is 4.27. The molecule has 1 fully saturated rings. The molecule has 1 saturated carbocycles. The van der Waals surface area contributed by atoms with Crippen LogP contribution in [0.25, 0.3) is 0 Å². The van der Waals surface area contributed by atoms with E-state index in [0.717, 1.165) is 11.3 Å². The van der Waals surface area contributed by atoms with Gasteiger partial charge in [0.25, 0.3) is 11.8 Å². The third-order valence-electron chi connectivity index (χ3n) is 6.94. The van der Waals surface area contributed by atoms with Crippen LogP contribution in [-0.2, 0) is 10.4 Å². The van der Waals surface area contributed by atoms with Crippen molar-refractivity contribution in [1.29, 1.82) is 0 Å². The van der Waals surface area contributed by atoms with Gasteiger partial charge in [0.1, 0.15) is 5.01 Å². The molecule has 36 heavy (non-hydrogen) atoms. The second-order valence-corrected chi connectivity index (χ2v) is 10.5. The summed E-state index contributed by atoms with van der Waals surface area (Å²) < 4.78 is 28.3. The van der Waals surface area contributed by atoms with Crippen molar-refractivity contribution in [3.05, 3.63) is 76.5 Å². The number of hydrogen-bond donors (Lipinski definition) is 2. The molecule has 1 aliphatic carbocycles. The first-order valence-corrected chi connectivity index (χ1v) is 12.8. The Bertz CT molecular complexity index is 1250. The Balaban J connectivity index is 1.37. The van der Waals surface area contributed by atoms with E-state index in [4.69, 9.17) is 11.6 Å². The fraction of sp³-hybridized carbons (Fsp3) is 0.360. The Kier molecular flexibility index (Phi) is 6.76. The lowest BCUT2D eigenvalue weighted by Crippen LogP contribution is -2.52. The van der Waals surface area contributed by atoms with Gasteiger partial charge in [0.05, 0.1) is 11.3 Å². The number of halogens is 3. The molecule has 0 radical (unpaired) electrons. The first kappa shape index (κ1) is 24.7. The molecule has 0 spiro atoms. The molecule has 0 saturated heterocycles. The molecule has 0 unspecified atom stereocenters. The molecule has 188 valence electrons. The van der Waals surface area contributed by atoms with Gasteiger partial charge in [-0.25, -0.2) is 13.8 Å². The molecule has 5 rings (SSSR count). The van der Waals surface area contributed by atoms with E-state index >= 15 is 0 Å². The van der Waals surface area contributed by atoms with Crippen molar-refractivity contribution in [3.8, 4) is 0 Å². The van der Waals surface area contributed by atoms with Crippen molar-refractivity contribution in [1.82, 2.24) is 15.3 Å². The highest BCUT2D eigenvalue weighted by molar-refractivity contribution is 7.09. The predicted octanol–water partition coefficient (Wildman–Crippen LogP) is 3.82. The van der Waals surface area contributed by atoms with Gasteiger partial charge >= 0.3 is 0 Å². The highest BCUT2D eigenvalue weighted by Gasteiger charge is 2.54. The summed E-state index contributed by atoms with van der Waals surface area (Å²) in [6, 6.07) is 9.18. The van der Waals surface area contributed by atoms with Crippen molar-refractivity contribution in [2.75, 3.05) is 11.4 Å². The van der Waals surface area contributed by atoms with Crippen molar-refractivity contribution in [2.24, 2.45) is 11.8 Å². The van der Waals surface area contributed by atoms with Gasteiger partial charge in [0, 0.05) is 53.4 Å². The van der Waals surface area contributed by atoms with E-state index in [-0.39, 0.29) is 30.0 Å². The van der Waals surface area contributed by atoms with E-state index in [0.29, 0.717) is 11.3 Å². The fourth-order valence-corrected chi connectivity index (χ4v) is 6.23. The van der Waals surface area contributed by atoms with Gasteiger partial charge in [-0.3, -0.25) is 14.6 Å². The average Bonchev–Trinajstić information content (AvgIpc) is 3.49. The monoisotopic (exact) mass is 532 g/mol. The van der Waals surface area contributed by atoms with Gasteiger partial charge in [0.2, 0.25) is 12.0 Å². The number of nitrogens with zero attached hydrogens (tertiary/aromatic N) is 3. The number of nitrogens with one attached hydrogen (secondary N) is 1. The minimum Gasteiger partial charge on any atom is -0.370 e. The van der Waals surface area contributed by atoms with Gasteiger partial charge in [-0.15, -0.1) is 22.9 Å². The summed E-state index contributed by atoms with van der Waals surface area (Å²) in [6.07, 6.45) is 1.84. The molecule has 2 aromatic heterocycles. The number of thiazole rings is 1. The van der Waals surface area contributed by atoms with E-state index < -0.39 is 47.1 Å². The summed E-state index contributed by atoms with van der Waals surface area (Å²) in [4.78, 5) is 35.6. The molecule has 1 aliphatic heterocycles. The van der Waals surface area contributed by atoms with Gasteiger partial charge in [-0.2, -0.15) is 0 Å². The summed E-state index contributed by atoms with van der Waals surface area (Å²) in [5.74, 6) is -2.69. The normalized spacial score (nSPS) is 27.8. The number of benzene rings is 1. The molecule has 2 N–H and O–H groups in total. The minimum absolute atomic E-state index is 0.00540. The number of alkyl halides is 3. The van der Waals surface area contributed by atoms with E-state index in [2.05, 4.69) is 15.3 Å². The van der Waals surface area contributed by atoms with Crippen LogP contribution in [0.2, 0.25) is 0 Å². The van der Waals surface area contributed by atoms with Crippen LogP contribution >= 0.6 is 22.9 Å². The largest absolute Gasteiger partial charge is 0.370 e. The van der Waals surface area contributed by atoms with Gasteiger partial charge in [-0.05, 0) is 37.0 Å². The first-order chi connectivity index (χ1) is 17.3. The van der Waals surface area contributed by atoms with Gasteiger partial charge in [-0.1, -0.05) is 18.2 Å². The zero-order valence-electron chi connectivity index (χ0n) is 18.9. The highest BCUT2D eigenvalue weighted by Crippen LogP contribution is 2.46. The quantitative estimate of drug-likeness (QED) is 0.471. The maximum absolute atomic E-state index is 14.1. The van der Waals surface area contributed by atoms with Crippen molar-refractivity contribution in [3.63, 3.8) is 0 Å². The zero-order chi connectivity index (χ0) is 25.4. The molecule has 7 nitrogen and oxygen atoms in total. The van der Waals surface area contributed by atoms with E-state index in [1.807, 2.05) is 0 Å². The van der Waals surface area contributed by atoms with Gasteiger partial charge in [0.15, 0.2) is 0 Å². The molecule has 3 heterocycles. The smallest absolute Gasteiger partial charge is 0.271 e. The number of pyridine rings is 1. The van der Waals surface area contributed by atoms with Crippen LogP contribution in [0, 0.1) is 11.8 Å². The first-order valence-electron chi connectivity index (χ1n) is 11.5. The number of anilines is 1. The van der Waals surface area contributed by atoms with Crippen LogP contribution in [0.15, 0.2) is 60.4 Å². The summed E-state index contributed by atoms with van der Waals surface area (Å²) >= 11 is 7.85. The Morgan fingerprint density at radius 1 is 1.25 bits per heavy atom. The SMILES string of the molecule is O=C(N[C@@H]1C[C@@H](Cl)[C@@H](CN2C(=O)[C@@](O)(c3nccs3)c3ccccc32)C[C@H]1C(F)F)c1cccnc1. The maximum Gasteiger partial charge on any atom is 0.271 e. The maximum atomic E-state index is 14.1. The standard InChI is InChI=1S/C25H23ClF2N4O3S/c26-18-11-19(31-22(33)14-4-3-7-29-12-14)16(21(27)28)10-15(18)13-32-20-6-2-1-5-17(20)25(35,24(32)34)23-30-8-9-36-23/h1-9,12,15-16,18-19,21,35H,10-11,13H2,(H,31,33)/t15-,16-,18-,19-,25+/m1/s1. The molecule has 1 aromatic carbocycles. The minimum atomic E-state index is -2.69. The number of hydrogen-bond acceptors (Lipinski definition) is 6. The van der Waals surface area contributed by atoms with Crippen LogP contribution < -0.4 is 10.2 Å². The molecule has 2 aliphatic rings. The van der Waals surface area contributed by atoms with Crippen LogP contribution in [-0.4, -0.2) is 51.3 Å². The molecular weight excluding hydrogens is 510 g/mol. The number of aliphatic hydroxyl groups is 1. The fourth-order valence-electron chi connectivity index (χ4n) is 5.11.